The third-order valence-corrected chi connectivity index (χ3v) is 6.11. The predicted octanol–water partition coefficient (Wildman–Crippen LogP) is 5.06. The van der Waals surface area contributed by atoms with Gasteiger partial charge in [0.2, 0.25) is 0 Å². The molecule has 1 amide bonds. The van der Waals surface area contributed by atoms with Crippen LogP contribution in [0, 0.1) is 11.8 Å². The van der Waals surface area contributed by atoms with E-state index >= 15 is 0 Å². The van der Waals surface area contributed by atoms with E-state index in [1.54, 1.807) is 6.20 Å². The van der Waals surface area contributed by atoms with Crippen LogP contribution in [-0.4, -0.2) is 17.1 Å². The lowest BCUT2D eigenvalue weighted by atomic mass is 9.69. The minimum Gasteiger partial charge on any atom is -0.445 e. The number of nitrogens with zero attached hydrogens (tertiary/aromatic N) is 1. The molecule has 2 unspecified atom stereocenters. The Balaban J connectivity index is 1.52. The lowest BCUT2D eigenvalue weighted by Crippen LogP contribution is -2.50. The Bertz CT molecular complexity index is 791. The van der Waals surface area contributed by atoms with Crippen LogP contribution in [0.15, 0.2) is 48.7 Å². The van der Waals surface area contributed by atoms with Crippen molar-refractivity contribution in [2.45, 2.75) is 57.7 Å². The summed E-state index contributed by atoms with van der Waals surface area (Å²) >= 11 is 0. The van der Waals surface area contributed by atoms with Crippen molar-refractivity contribution in [3.8, 4) is 0 Å². The van der Waals surface area contributed by atoms with E-state index in [2.05, 4.69) is 28.6 Å². The third kappa shape index (κ3) is 3.98. The van der Waals surface area contributed by atoms with Crippen molar-refractivity contribution < 1.29 is 9.53 Å². The lowest BCUT2D eigenvalue weighted by Gasteiger charge is -2.46. The highest BCUT2D eigenvalue weighted by Gasteiger charge is 2.42. The maximum Gasteiger partial charge on any atom is 0.408 e. The number of hydrogen-bond donors (Lipinski definition) is 2. The number of carbonyl (C=O) groups is 1. The lowest BCUT2D eigenvalue weighted by molar-refractivity contribution is 0.120. The first-order chi connectivity index (χ1) is 13.8. The molecule has 1 aliphatic carbocycles. The molecular weight excluding hydrogens is 350 g/mol. The van der Waals surface area contributed by atoms with Crippen molar-refractivity contribution in [3.63, 3.8) is 0 Å². The van der Waals surface area contributed by atoms with E-state index in [0.717, 1.165) is 29.8 Å². The van der Waals surface area contributed by atoms with E-state index in [9.17, 15) is 4.79 Å². The Labute approximate surface area is 166 Å². The van der Waals surface area contributed by atoms with E-state index in [4.69, 9.17) is 4.74 Å². The van der Waals surface area contributed by atoms with Gasteiger partial charge in [0.05, 0.1) is 17.4 Å². The summed E-state index contributed by atoms with van der Waals surface area (Å²) < 4.78 is 5.51. The van der Waals surface area contributed by atoms with Crippen molar-refractivity contribution in [1.82, 2.24) is 10.3 Å². The maximum absolute atomic E-state index is 12.6. The van der Waals surface area contributed by atoms with Gasteiger partial charge in [0, 0.05) is 18.2 Å². The molecule has 1 aliphatic heterocycles. The Morgan fingerprint density at radius 1 is 1.21 bits per heavy atom. The summed E-state index contributed by atoms with van der Waals surface area (Å²) in [7, 11) is 0. The molecule has 2 aliphatic rings. The Morgan fingerprint density at radius 2 is 2.04 bits per heavy atom. The molecule has 148 valence electrons. The van der Waals surface area contributed by atoms with Crippen molar-refractivity contribution in [1.29, 1.82) is 0 Å². The molecule has 0 bridgehead atoms. The summed E-state index contributed by atoms with van der Waals surface area (Å²) in [5.74, 6) is 0.997. The van der Waals surface area contributed by atoms with Crippen molar-refractivity contribution in [3.05, 3.63) is 59.9 Å². The quantitative estimate of drug-likeness (QED) is 0.736. The zero-order valence-electron chi connectivity index (χ0n) is 16.4. The molecule has 5 nitrogen and oxygen atoms in total. The van der Waals surface area contributed by atoms with Gasteiger partial charge in [0.1, 0.15) is 6.61 Å². The maximum atomic E-state index is 12.6. The fourth-order valence-corrected chi connectivity index (χ4v) is 4.50. The SMILES string of the molecule is CCCC1C(NC(=O)OCc2ccccc2)c2ncccc2N[C@H]1C1CCC1. The van der Waals surface area contributed by atoms with E-state index in [1.807, 2.05) is 36.4 Å². The topological polar surface area (TPSA) is 63.2 Å². The number of alkyl carbamates (subject to hydrolysis) is 1. The average molecular weight is 380 g/mol. The first-order valence-corrected chi connectivity index (χ1v) is 10.4. The van der Waals surface area contributed by atoms with Gasteiger partial charge in [-0.05, 0) is 42.9 Å². The fourth-order valence-electron chi connectivity index (χ4n) is 4.50. The summed E-state index contributed by atoms with van der Waals surface area (Å²) in [5.41, 5.74) is 2.95. The second-order valence-corrected chi connectivity index (χ2v) is 7.93. The van der Waals surface area contributed by atoms with Crippen LogP contribution in [0.4, 0.5) is 10.5 Å². The number of benzene rings is 1. The summed E-state index contributed by atoms with van der Waals surface area (Å²) in [4.78, 5) is 17.2. The minimum absolute atomic E-state index is 0.119. The van der Waals surface area contributed by atoms with E-state index in [0.29, 0.717) is 17.9 Å². The Morgan fingerprint density at radius 3 is 2.75 bits per heavy atom. The van der Waals surface area contributed by atoms with Crippen LogP contribution in [0.25, 0.3) is 0 Å². The van der Waals surface area contributed by atoms with Crippen molar-refractivity contribution in [2.75, 3.05) is 5.32 Å². The molecule has 5 heteroatoms. The smallest absolute Gasteiger partial charge is 0.408 e. The molecule has 0 spiro atoms. The standard InChI is InChI=1S/C23H29N3O2/c1-2-8-18-20(17-11-6-12-17)25-19-13-7-14-24-22(19)21(18)26-23(27)28-15-16-9-4-3-5-10-16/h3-5,7,9-10,13-14,17-18,20-21,25H,2,6,8,11-12,15H2,1H3,(H,26,27)/t18?,20-,21?/m0/s1. The van der Waals surface area contributed by atoms with Gasteiger partial charge in [-0.15, -0.1) is 0 Å². The Kier molecular flexibility index (Phi) is 5.79. The van der Waals surface area contributed by atoms with Crippen LogP contribution >= 0.6 is 0 Å². The number of carbonyl (C=O) groups excluding carboxylic acids is 1. The number of pyridine rings is 1. The van der Waals surface area contributed by atoms with Crippen LogP contribution in [-0.2, 0) is 11.3 Å². The highest BCUT2D eigenvalue weighted by molar-refractivity contribution is 5.69. The predicted molar refractivity (Wildman–Crippen MR) is 110 cm³/mol. The normalized spacial score (nSPS) is 23.8. The summed E-state index contributed by atoms with van der Waals surface area (Å²) in [6.07, 6.45) is 7.39. The zero-order chi connectivity index (χ0) is 19.3. The van der Waals surface area contributed by atoms with Gasteiger partial charge in [0.15, 0.2) is 0 Å². The van der Waals surface area contributed by atoms with Gasteiger partial charge in [-0.25, -0.2) is 4.79 Å². The Hall–Kier alpha value is -2.56. The monoisotopic (exact) mass is 379 g/mol. The van der Waals surface area contributed by atoms with E-state index in [1.165, 1.54) is 19.3 Å². The second-order valence-electron chi connectivity index (χ2n) is 7.93. The number of hydrogen-bond acceptors (Lipinski definition) is 4. The second kappa shape index (κ2) is 8.63. The molecule has 1 fully saturated rings. The first kappa shape index (κ1) is 18.8. The average Bonchev–Trinajstić information content (AvgIpc) is 2.68. The molecule has 4 rings (SSSR count). The third-order valence-electron chi connectivity index (χ3n) is 6.11. The van der Waals surface area contributed by atoms with Crippen molar-refractivity contribution in [2.24, 2.45) is 11.8 Å². The van der Waals surface area contributed by atoms with Gasteiger partial charge in [-0.1, -0.05) is 50.1 Å². The molecule has 28 heavy (non-hydrogen) atoms. The number of fused-ring (bicyclic) bond motifs is 1. The summed E-state index contributed by atoms with van der Waals surface area (Å²) in [6, 6.07) is 14.1. The number of nitrogens with one attached hydrogen (secondary N) is 2. The van der Waals surface area contributed by atoms with Crippen LogP contribution in [0.5, 0.6) is 0 Å². The van der Waals surface area contributed by atoms with Crippen LogP contribution in [0.2, 0.25) is 0 Å². The number of aromatic nitrogens is 1. The van der Waals surface area contributed by atoms with Crippen molar-refractivity contribution >= 4 is 11.8 Å². The fraction of sp³-hybridized carbons (Fsp3) is 0.478. The van der Waals surface area contributed by atoms with Gasteiger partial charge < -0.3 is 15.4 Å². The summed E-state index contributed by atoms with van der Waals surface area (Å²) in [5, 5.41) is 6.89. The largest absolute Gasteiger partial charge is 0.445 e. The number of rotatable bonds is 6. The molecule has 2 aromatic rings. The molecule has 2 heterocycles. The van der Waals surface area contributed by atoms with Gasteiger partial charge in [-0.3, -0.25) is 4.98 Å². The van der Waals surface area contributed by atoms with Crippen LogP contribution in [0.1, 0.15) is 56.3 Å². The molecule has 1 saturated carbocycles. The zero-order valence-corrected chi connectivity index (χ0v) is 16.4. The van der Waals surface area contributed by atoms with Gasteiger partial charge in [-0.2, -0.15) is 0 Å². The number of anilines is 1. The first-order valence-electron chi connectivity index (χ1n) is 10.4. The minimum atomic E-state index is -0.374. The molecule has 2 N–H and O–H groups in total. The number of ether oxygens (including phenoxy) is 1. The van der Waals surface area contributed by atoms with E-state index in [-0.39, 0.29) is 18.7 Å². The molecular formula is C23H29N3O2. The molecule has 0 saturated heterocycles. The molecule has 1 aromatic heterocycles. The van der Waals surface area contributed by atoms with E-state index < -0.39 is 0 Å². The number of amides is 1. The summed E-state index contributed by atoms with van der Waals surface area (Å²) in [6.45, 7) is 2.48. The van der Waals surface area contributed by atoms with Gasteiger partial charge >= 0.3 is 6.09 Å². The molecule has 0 radical (unpaired) electrons. The van der Waals surface area contributed by atoms with Crippen LogP contribution in [0.3, 0.4) is 0 Å². The van der Waals surface area contributed by atoms with Gasteiger partial charge in [0.25, 0.3) is 0 Å². The van der Waals surface area contributed by atoms with Crippen LogP contribution < -0.4 is 10.6 Å². The highest BCUT2D eigenvalue weighted by atomic mass is 16.5. The highest BCUT2D eigenvalue weighted by Crippen LogP contribution is 2.44. The molecule has 3 atom stereocenters. The molecule has 1 aromatic carbocycles.